The maximum absolute atomic E-state index is 12.6. The fraction of sp³-hybridized carbons (Fsp3) is 0.938. The van der Waals surface area contributed by atoms with Gasteiger partial charge in [-0.2, -0.15) is 0 Å². The number of carbonyl (C=O) groups is 1. The summed E-state index contributed by atoms with van der Waals surface area (Å²) in [6.45, 7) is 10.1. The van der Waals surface area contributed by atoms with Crippen molar-refractivity contribution in [2.75, 3.05) is 19.6 Å². The van der Waals surface area contributed by atoms with Crippen LogP contribution in [0.5, 0.6) is 0 Å². The van der Waals surface area contributed by atoms with Gasteiger partial charge >= 0.3 is 0 Å². The van der Waals surface area contributed by atoms with Crippen LogP contribution in [0, 0.1) is 0 Å². The molecule has 0 saturated carbocycles. The topological polar surface area (TPSA) is 35.6 Å². The lowest BCUT2D eigenvalue weighted by atomic mass is 10.0. The van der Waals surface area contributed by atoms with Crippen molar-refractivity contribution in [1.29, 1.82) is 0 Å². The van der Waals surface area contributed by atoms with Gasteiger partial charge in [-0.15, -0.1) is 0 Å². The molecule has 1 amide bonds. The highest BCUT2D eigenvalue weighted by molar-refractivity contribution is 5.84. The number of piperidine rings is 1. The van der Waals surface area contributed by atoms with E-state index in [1.807, 2.05) is 0 Å². The largest absolute Gasteiger partial charge is 0.323 e. The van der Waals surface area contributed by atoms with E-state index in [1.54, 1.807) is 0 Å². The molecule has 0 bridgehead atoms. The summed E-state index contributed by atoms with van der Waals surface area (Å²) < 4.78 is 0. The molecule has 2 aliphatic heterocycles. The summed E-state index contributed by atoms with van der Waals surface area (Å²) in [6.07, 6.45) is 6.84. The Hall–Kier alpha value is -0.610. The second-order valence-electron chi connectivity index (χ2n) is 6.25. The first kappa shape index (κ1) is 15.8. The number of amides is 1. The first-order chi connectivity index (χ1) is 9.71. The second kappa shape index (κ2) is 7.41. The summed E-state index contributed by atoms with van der Waals surface area (Å²) in [4.78, 5) is 17.3. The number of hydrogen-bond donors (Lipinski definition) is 1. The van der Waals surface area contributed by atoms with Crippen molar-refractivity contribution in [3.05, 3.63) is 0 Å². The molecule has 20 heavy (non-hydrogen) atoms. The summed E-state index contributed by atoms with van der Waals surface area (Å²) >= 11 is 0. The smallest absolute Gasteiger partial charge is 0.241 e. The van der Waals surface area contributed by atoms with Crippen LogP contribution in [0.4, 0.5) is 0 Å². The van der Waals surface area contributed by atoms with Gasteiger partial charge in [-0.05, 0) is 38.6 Å². The van der Waals surface area contributed by atoms with E-state index in [9.17, 15) is 4.79 Å². The summed E-state index contributed by atoms with van der Waals surface area (Å²) in [5, 5.41) is 3.54. The van der Waals surface area contributed by atoms with Crippen LogP contribution in [0.3, 0.4) is 0 Å². The van der Waals surface area contributed by atoms with Crippen molar-refractivity contribution in [3.63, 3.8) is 0 Å². The Balaban J connectivity index is 1.95. The maximum atomic E-state index is 12.6. The molecule has 0 spiro atoms. The molecule has 0 aliphatic carbocycles. The Morgan fingerprint density at radius 1 is 1.15 bits per heavy atom. The third kappa shape index (κ3) is 3.34. The van der Waals surface area contributed by atoms with E-state index in [2.05, 4.69) is 35.9 Å². The quantitative estimate of drug-likeness (QED) is 0.811. The molecule has 2 atom stereocenters. The number of nitrogens with zero attached hydrogens (tertiary/aromatic N) is 2. The van der Waals surface area contributed by atoms with Crippen LogP contribution < -0.4 is 5.32 Å². The Bertz CT molecular complexity index is 313. The van der Waals surface area contributed by atoms with Gasteiger partial charge in [-0.1, -0.05) is 27.2 Å². The highest BCUT2D eigenvalue weighted by atomic mass is 16.2. The molecule has 0 aromatic rings. The Kier molecular flexibility index (Phi) is 5.85. The predicted octanol–water partition coefficient (Wildman–Crippen LogP) is 2.20. The first-order valence-electron chi connectivity index (χ1n) is 8.51. The van der Waals surface area contributed by atoms with E-state index in [-0.39, 0.29) is 12.2 Å². The van der Waals surface area contributed by atoms with E-state index >= 15 is 0 Å². The van der Waals surface area contributed by atoms with Crippen molar-refractivity contribution < 1.29 is 4.79 Å². The van der Waals surface area contributed by atoms with E-state index in [4.69, 9.17) is 0 Å². The monoisotopic (exact) mass is 281 g/mol. The van der Waals surface area contributed by atoms with E-state index in [0.717, 1.165) is 45.2 Å². The van der Waals surface area contributed by atoms with Crippen molar-refractivity contribution in [2.24, 2.45) is 0 Å². The molecular formula is C16H31N3O. The summed E-state index contributed by atoms with van der Waals surface area (Å²) in [5.41, 5.74) is 0. The minimum Gasteiger partial charge on any atom is -0.323 e. The van der Waals surface area contributed by atoms with Gasteiger partial charge < -0.3 is 9.80 Å². The van der Waals surface area contributed by atoms with Crippen molar-refractivity contribution in [1.82, 2.24) is 15.1 Å². The van der Waals surface area contributed by atoms with Gasteiger partial charge in [0.1, 0.15) is 0 Å². The second-order valence-corrected chi connectivity index (χ2v) is 6.25. The van der Waals surface area contributed by atoms with E-state index in [1.165, 1.54) is 13.0 Å². The molecule has 0 aromatic carbocycles. The molecule has 2 aliphatic rings. The molecule has 4 nitrogen and oxygen atoms in total. The lowest BCUT2D eigenvalue weighted by molar-refractivity contribution is -0.133. The molecular weight excluding hydrogens is 250 g/mol. The normalized spacial score (nSPS) is 29.4. The first-order valence-corrected chi connectivity index (χ1v) is 8.51. The van der Waals surface area contributed by atoms with Gasteiger partial charge in [0.05, 0.1) is 12.2 Å². The van der Waals surface area contributed by atoms with Crippen LogP contribution >= 0.6 is 0 Å². The highest BCUT2D eigenvalue weighted by Gasteiger charge is 2.41. The molecule has 2 rings (SSSR count). The van der Waals surface area contributed by atoms with Crippen molar-refractivity contribution in [3.8, 4) is 0 Å². The Morgan fingerprint density at radius 2 is 1.85 bits per heavy atom. The zero-order valence-electron chi connectivity index (χ0n) is 13.4. The lowest BCUT2D eigenvalue weighted by Gasteiger charge is -2.39. The minimum absolute atomic E-state index is 0.0682. The molecule has 2 saturated heterocycles. The van der Waals surface area contributed by atoms with Gasteiger partial charge in [0, 0.05) is 19.1 Å². The SMILES string of the molecule is CCCC1NC(CC)N(C2CCN(CCC)CC2)C1=O. The molecule has 2 fully saturated rings. The van der Waals surface area contributed by atoms with Crippen LogP contribution in [0.2, 0.25) is 0 Å². The average Bonchev–Trinajstić information content (AvgIpc) is 2.77. The summed E-state index contributed by atoms with van der Waals surface area (Å²) in [7, 11) is 0. The fourth-order valence-corrected chi connectivity index (χ4v) is 3.70. The molecule has 0 radical (unpaired) electrons. The van der Waals surface area contributed by atoms with Gasteiger partial charge in [-0.25, -0.2) is 0 Å². The zero-order valence-corrected chi connectivity index (χ0v) is 13.4. The molecule has 4 heteroatoms. The van der Waals surface area contributed by atoms with Crippen LogP contribution in [0.15, 0.2) is 0 Å². The molecule has 2 unspecified atom stereocenters. The number of likely N-dealkylation sites (tertiary alicyclic amines) is 1. The molecule has 1 N–H and O–H groups in total. The van der Waals surface area contributed by atoms with E-state index in [0.29, 0.717) is 11.9 Å². The van der Waals surface area contributed by atoms with Crippen molar-refractivity contribution in [2.45, 2.75) is 77.5 Å². The third-order valence-corrected chi connectivity index (χ3v) is 4.74. The number of rotatable bonds is 6. The van der Waals surface area contributed by atoms with Crippen LogP contribution in [-0.2, 0) is 4.79 Å². The van der Waals surface area contributed by atoms with Gasteiger partial charge in [0.15, 0.2) is 0 Å². The van der Waals surface area contributed by atoms with Gasteiger partial charge in [0.2, 0.25) is 5.91 Å². The summed E-state index contributed by atoms with van der Waals surface area (Å²) in [6, 6.07) is 0.522. The molecule has 116 valence electrons. The highest BCUT2D eigenvalue weighted by Crippen LogP contribution is 2.25. The fourth-order valence-electron chi connectivity index (χ4n) is 3.70. The van der Waals surface area contributed by atoms with Crippen LogP contribution in [0.25, 0.3) is 0 Å². The predicted molar refractivity (Wildman–Crippen MR) is 82.5 cm³/mol. The molecule has 2 heterocycles. The Labute approximate surface area is 123 Å². The number of nitrogens with one attached hydrogen (secondary N) is 1. The lowest BCUT2D eigenvalue weighted by Crippen LogP contribution is -2.49. The van der Waals surface area contributed by atoms with E-state index < -0.39 is 0 Å². The van der Waals surface area contributed by atoms with Crippen LogP contribution in [-0.4, -0.2) is 53.6 Å². The van der Waals surface area contributed by atoms with Gasteiger partial charge in [-0.3, -0.25) is 10.1 Å². The zero-order chi connectivity index (χ0) is 14.5. The minimum atomic E-state index is 0.0682. The Morgan fingerprint density at radius 3 is 2.40 bits per heavy atom. The standard InChI is InChI=1S/C16H31N3O/c1-4-7-14-16(20)19(15(6-3)17-14)13-8-11-18(10-5-2)12-9-13/h13-15,17H,4-12H2,1-3H3. The molecule has 0 aromatic heterocycles. The summed E-state index contributed by atoms with van der Waals surface area (Å²) in [5.74, 6) is 0.354. The third-order valence-electron chi connectivity index (χ3n) is 4.74. The van der Waals surface area contributed by atoms with Gasteiger partial charge in [0.25, 0.3) is 0 Å². The van der Waals surface area contributed by atoms with Crippen molar-refractivity contribution >= 4 is 5.91 Å². The average molecular weight is 281 g/mol. The number of hydrogen-bond acceptors (Lipinski definition) is 3. The number of carbonyl (C=O) groups excluding carboxylic acids is 1. The van der Waals surface area contributed by atoms with Crippen LogP contribution in [0.1, 0.15) is 59.3 Å². The maximum Gasteiger partial charge on any atom is 0.241 e.